The fourth-order valence-corrected chi connectivity index (χ4v) is 3.50. The van der Waals surface area contributed by atoms with Crippen LogP contribution in [-0.4, -0.2) is 15.8 Å². The normalized spacial score (nSPS) is 20.0. The fourth-order valence-electron chi connectivity index (χ4n) is 3.50. The van der Waals surface area contributed by atoms with Gasteiger partial charge in [-0.1, -0.05) is 30.3 Å². The molecule has 1 aliphatic rings. The number of aliphatic hydroxyl groups is 1. The Hall–Kier alpha value is -2.60. The van der Waals surface area contributed by atoms with Crippen LogP contribution < -0.4 is 0 Å². The van der Waals surface area contributed by atoms with Gasteiger partial charge in [-0.2, -0.15) is 13.2 Å². The van der Waals surface area contributed by atoms with Gasteiger partial charge in [0.15, 0.2) is 0 Å². The molecule has 0 spiro atoms. The highest BCUT2D eigenvalue weighted by atomic mass is 19.4. The second-order valence-electron chi connectivity index (χ2n) is 6.12. The highest BCUT2D eigenvalue weighted by molar-refractivity contribution is 5.95. The van der Waals surface area contributed by atoms with E-state index >= 15 is 0 Å². The maximum absolute atomic E-state index is 13.7. The molecule has 6 heteroatoms. The van der Waals surface area contributed by atoms with E-state index in [1.807, 2.05) is 0 Å². The number of fused-ring (bicyclic) bond motifs is 3. The maximum atomic E-state index is 13.7. The Labute approximate surface area is 140 Å². The smallest absolute Gasteiger partial charge is 0.360 e. The number of nitrogens with zero attached hydrogens (tertiary/aromatic N) is 1. The van der Waals surface area contributed by atoms with E-state index in [0.29, 0.717) is 10.9 Å². The molecule has 1 aromatic heterocycles. The van der Waals surface area contributed by atoms with Crippen molar-refractivity contribution >= 4 is 16.5 Å². The Bertz CT molecular complexity index is 1030. The van der Waals surface area contributed by atoms with Gasteiger partial charge in [0, 0.05) is 11.0 Å². The molecule has 4 rings (SSSR count). The van der Waals surface area contributed by atoms with E-state index in [4.69, 9.17) is 0 Å². The van der Waals surface area contributed by atoms with Crippen LogP contribution in [0.15, 0.2) is 54.6 Å². The van der Waals surface area contributed by atoms with Gasteiger partial charge < -0.3 is 9.67 Å². The van der Waals surface area contributed by atoms with Gasteiger partial charge in [0.25, 0.3) is 5.72 Å². The average Bonchev–Trinajstić information content (AvgIpc) is 3.03. The summed E-state index contributed by atoms with van der Waals surface area (Å²) in [5, 5.41) is 11.2. The van der Waals surface area contributed by atoms with Crippen molar-refractivity contribution < 1.29 is 22.7 Å². The van der Waals surface area contributed by atoms with Crippen LogP contribution in [0.4, 0.5) is 17.6 Å². The molecule has 0 saturated carbocycles. The minimum atomic E-state index is -4.93. The van der Waals surface area contributed by atoms with Crippen LogP contribution >= 0.6 is 0 Å². The topological polar surface area (TPSA) is 25.2 Å². The van der Waals surface area contributed by atoms with Gasteiger partial charge in [-0.25, -0.2) is 4.39 Å². The lowest BCUT2D eigenvalue weighted by atomic mass is 9.99. The quantitative estimate of drug-likeness (QED) is 0.632. The molecule has 2 heterocycles. The molecule has 0 aliphatic carbocycles. The average molecular weight is 347 g/mol. The molecule has 1 aliphatic heterocycles. The van der Waals surface area contributed by atoms with Crippen LogP contribution in [0.2, 0.25) is 0 Å². The number of hydrogen-bond acceptors (Lipinski definition) is 1. The van der Waals surface area contributed by atoms with Crippen molar-refractivity contribution in [3.8, 4) is 0 Å². The molecule has 2 nitrogen and oxygen atoms in total. The Morgan fingerprint density at radius 2 is 1.76 bits per heavy atom. The molecule has 3 aromatic rings. The van der Waals surface area contributed by atoms with Crippen molar-refractivity contribution in [2.75, 3.05) is 0 Å². The van der Waals surface area contributed by atoms with Crippen molar-refractivity contribution in [2.24, 2.45) is 0 Å². The lowest BCUT2D eigenvalue weighted by Gasteiger charge is -2.27. The monoisotopic (exact) mass is 347 g/mol. The first-order valence-corrected chi connectivity index (χ1v) is 7.63. The Balaban J connectivity index is 2.12. The zero-order valence-corrected chi connectivity index (χ0v) is 13.1. The Morgan fingerprint density at radius 1 is 1.04 bits per heavy atom. The Kier molecular flexibility index (Phi) is 3.15. The van der Waals surface area contributed by atoms with E-state index in [2.05, 4.69) is 0 Å². The second-order valence-corrected chi connectivity index (χ2v) is 6.12. The largest absolute Gasteiger partial charge is 0.441 e. The highest BCUT2D eigenvalue weighted by Gasteiger charge is 2.58. The summed E-state index contributed by atoms with van der Waals surface area (Å²) in [5.74, 6) is -0.554. The zero-order chi connectivity index (χ0) is 18.0. The molecule has 0 bridgehead atoms. The van der Waals surface area contributed by atoms with E-state index in [1.54, 1.807) is 25.1 Å². The number of aryl methyl sites for hydroxylation is 1. The number of aromatic nitrogens is 1. The fraction of sp³-hybridized carbons (Fsp3) is 0.158. The van der Waals surface area contributed by atoms with Crippen LogP contribution in [0, 0.1) is 12.7 Å². The van der Waals surface area contributed by atoms with Crippen molar-refractivity contribution in [2.45, 2.75) is 18.8 Å². The Morgan fingerprint density at radius 3 is 2.44 bits per heavy atom. The van der Waals surface area contributed by atoms with E-state index < -0.39 is 17.7 Å². The van der Waals surface area contributed by atoms with Crippen molar-refractivity contribution in [1.29, 1.82) is 0 Å². The van der Waals surface area contributed by atoms with Crippen LogP contribution in [0.25, 0.3) is 16.5 Å². The van der Waals surface area contributed by atoms with Gasteiger partial charge in [-0.3, -0.25) is 0 Å². The third-order valence-corrected chi connectivity index (χ3v) is 4.62. The molecule has 25 heavy (non-hydrogen) atoms. The van der Waals surface area contributed by atoms with Gasteiger partial charge in [-0.15, -0.1) is 0 Å². The molecular weight excluding hydrogens is 334 g/mol. The van der Waals surface area contributed by atoms with Gasteiger partial charge in [-0.05, 0) is 42.3 Å². The van der Waals surface area contributed by atoms with Crippen LogP contribution in [-0.2, 0) is 5.72 Å². The molecule has 1 unspecified atom stereocenters. The van der Waals surface area contributed by atoms with Crippen molar-refractivity contribution in [3.63, 3.8) is 0 Å². The number of halogens is 4. The molecule has 0 radical (unpaired) electrons. The first kappa shape index (κ1) is 15.9. The van der Waals surface area contributed by atoms with Gasteiger partial charge in [0.1, 0.15) is 5.82 Å². The van der Waals surface area contributed by atoms with Gasteiger partial charge in [0.2, 0.25) is 0 Å². The summed E-state index contributed by atoms with van der Waals surface area (Å²) < 4.78 is 55.7. The number of hydrogen-bond donors (Lipinski definition) is 1. The van der Waals surface area contributed by atoms with E-state index in [9.17, 15) is 22.7 Å². The second kappa shape index (κ2) is 4.95. The van der Waals surface area contributed by atoms with E-state index in [-0.39, 0.29) is 22.3 Å². The summed E-state index contributed by atoms with van der Waals surface area (Å²) in [4.78, 5) is 0. The van der Waals surface area contributed by atoms with E-state index in [0.717, 1.165) is 16.7 Å². The first-order valence-electron chi connectivity index (χ1n) is 7.63. The standard InChI is InChI=1S/C19H13F4NO/c1-11-14-7-2-3-8-16(14)24-17(11)15(10-18(24,25)19(21,22)23)12-5-4-6-13(20)9-12/h2-10,25H,1H3. The summed E-state index contributed by atoms with van der Waals surface area (Å²) in [6, 6.07) is 11.9. The molecule has 0 fully saturated rings. The lowest BCUT2D eigenvalue weighted by molar-refractivity contribution is -0.272. The maximum Gasteiger partial charge on any atom is 0.441 e. The SMILES string of the molecule is Cc1c2n(c3ccccc13)C(O)(C(F)(F)F)C=C2c1cccc(F)c1. The zero-order valence-electron chi connectivity index (χ0n) is 13.1. The number of rotatable bonds is 1. The molecule has 2 aromatic carbocycles. The molecular formula is C19H13F4NO. The number of alkyl halides is 3. The molecule has 0 amide bonds. The highest BCUT2D eigenvalue weighted by Crippen LogP contribution is 2.49. The molecule has 1 atom stereocenters. The lowest BCUT2D eigenvalue weighted by Crippen LogP contribution is -2.44. The molecule has 0 saturated heterocycles. The number of benzene rings is 2. The van der Waals surface area contributed by atoms with Gasteiger partial charge >= 0.3 is 6.18 Å². The van der Waals surface area contributed by atoms with Crippen molar-refractivity contribution in [1.82, 2.24) is 4.57 Å². The molecule has 128 valence electrons. The summed E-state index contributed by atoms with van der Waals surface area (Å²) >= 11 is 0. The van der Waals surface area contributed by atoms with Crippen LogP contribution in [0.3, 0.4) is 0 Å². The number of para-hydroxylation sites is 1. The predicted molar refractivity (Wildman–Crippen MR) is 86.4 cm³/mol. The first-order chi connectivity index (χ1) is 11.7. The minimum absolute atomic E-state index is 0.160. The third kappa shape index (κ3) is 2.07. The van der Waals surface area contributed by atoms with Crippen LogP contribution in [0.1, 0.15) is 16.8 Å². The molecule has 1 N–H and O–H groups in total. The summed E-state index contributed by atoms with van der Waals surface area (Å²) in [6.45, 7) is 1.70. The van der Waals surface area contributed by atoms with E-state index in [1.165, 1.54) is 24.3 Å². The summed E-state index contributed by atoms with van der Waals surface area (Å²) in [6.07, 6.45) is -4.17. The minimum Gasteiger partial charge on any atom is -0.360 e. The van der Waals surface area contributed by atoms with Crippen molar-refractivity contribution in [3.05, 3.63) is 77.2 Å². The van der Waals surface area contributed by atoms with Gasteiger partial charge in [0.05, 0.1) is 11.2 Å². The third-order valence-electron chi connectivity index (χ3n) is 4.62. The summed E-state index contributed by atoms with van der Waals surface area (Å²) in [7, 11) is 0. The summed E-state index contributed by atoms with van der Waals surface area (Å²) in [5.41, 5.74) is -1.62. The van der Waals surface area contributed by atoms with Crippen LogP contribution in [0.5, 0.6) is 0 Å². The predicted octanol–water partition coefficient (Wildman–Crippen LogP) is 4.74.